The molecule has 13 heteroatoms. The summed E-state index contributed by atoms with van der Waals surface area (Å²) in [4.78, 5) is 65.8. The highest BCUT2D eigenvalue weighted by atomic mass is 79.9. The van der Waals surface area contributed by atoms with Crippen molar-refractivity contribution in [3.05, 3.63) is 68.6 Å². The molecule has 4 rings (SSSR count). The highest BCUT2D eigenvalue weighted by Gasteiger charge is 2.28. The van der Waals surface area contributed by atoms with Crippen LogP contribution in [-0.2, 0) is 19.2 Å². The van der Waals surface area contributed by atoms with Crippen molar-refractivity contribution in [1.82, 2.24) is 16.0 Å². The van der Waals surface area contributed by atoms with Crippen molar-refractivity contribution in [3.8, 4) is 0 Å². The number of carbonyl (C=O) groups is 6. The molecule has 2 fully saturated rings. The van der Waals surface area contributed by atoms with Gasteiger partial charge >= 0.3 is 0 Å². The van der Waals surface area contributed by atoms with Gasteiger partial charge < -0.3 is 11.1 Å². The van der Waals surface area contributed by atoms with Crippen LogP contribution < -0.4 is 21.7 Å². The first-order chi connectivity index (χ1) is 17.5. The third kappa shape index (κ3) is 11.2. The second kappa shape index (κ2) is 16.1. The number of hydrogen-bond donors (Lipinski definition) is 4. The van der Waals surface area contributed by atoms with Gasteiger partial charge in [-0.3, -0.25) is 39.4 Å². The van der Waals surface area contributed by atoms with E-state index in [1.165, 1.54) is 0 Å². The van der Waals surface area contributed by atoms with Crippen molar-refractivity contribution in [2.45, 2.75) is 45.2 Å². The van der Waals surface area contributed by atoms with E-state index in [1.807, 2.05) is 0 Å². The van der Waals surface area contributed by atoms with Crippen LogP contribution >= 0.6 is 43.5 Å². The van der Waals surface area contributed by atoms with Gasteiger partial charge in [0.15, 0.2) is 0 Å². The summed E-state index contributed by atoms with van der Waals surface area (Å²) in [6, 6.07) is 12.6. The quantitative estimate of drug-likeness (QED) is 0.287. The van der Waals surface area contributed by atoms with Crippen LogP contribution in [-0.4, -0.2) is 46.9 Å². The van der Waals surface area contributed by atoms with Crippen LogP contribution in [0.15, 0.2) is 57.5 Å². The van der Waals surface area contributed by atoms with Gasteiger partial charge in [0, 0.05) is 32.9 Å². The van der Waals surface area contributed by atoms with Crippen molar-refractivity contribution in [1.29, 1.82) is 0 Å². The topological polar surface area (TPSA) is 165 Å². The van der Waals surface area contributed by atoms with E-state index in [1.54, 1.807) is 48.5 Å². The van der Waals surface area contributed by atoms with E-state index < -0.39 is 23.2 Å². The Morgan fingerprint density at radius 1 is 0.789 bits per heavy atom. The first-order valence-electron chi connectivity index (χ1n) is 10.9. The normalized spacial score (nSPS) is 18.2. The van der Waals surface area contributed by atoms with E-state index in [0.29, 0.717) is 30.4 Å². The van der Waals surface area contributed by atoms with Crippen molar-refractivity contribution < 1.29 is 28.8 Å². The molecule has 2 saturated heterocycles. The van der Waals surface area contributed by atoms with E-state index in [2.05, 4.69) is 47.8 Å². The van der Waals surface area contributed by atoms with Crippen LogP contribution in [0.3, 0.4) is 0 Å². The molecule has 0 aliphatic carbocycles. The van der Waals surface area contributed by atoms with Gasteiger partial charge in [0.05, 0.1) is 6.04 Å². The monoisotopic (exact) mass is 672 g/mol. The fourth-order valence-corrected chi connectivity index (χ4v) is 3.62. The molecular formula is C25H27Br2ClN4O6. The van der Waals surface area contributed by atoms with Crippen LogP contribution in [0.4, 0.5) is 0 Å². The Balaban J connectivity index is 0.000000307. The summed E-state index contributed by atoms with van der Waals surface area (Å²) in [5.41, 5.74) is 6.27. The minimum absolute atomic E-state index is 0. The number of nitrogens with one attached hydrogen (secondary N) is 3. The van der Waals surface area contributed by atoms with E-state index in [0.717, 1.165) is 8.95 Å². The Morgan fingerprint density at radius 3 is 1.66 bits per heavy atom. The lowest BCUT2D eigenvalue weighted by molar-refractivity contribution is -0.135. The zero-order chi connectivity index (χ0) is 27.5. The standard InChI is InChI=1S/C12H11BrN2O3.C7H4BrClO.C5H8N2O2.CH4/c13-8-3-1-7(2-4-8)11(17)14-9-5-6-10(16)15-12(9)18;8-6-3-1-5(2-4-6)7(9)10;6-3-1-2-4(8)7-5(3)9;/h1-4,9H,5-6H2,(H,14,17)(H,15,16,18);1-4H;3H,1-2,6H2,(H,7,8,9);1H4. The maximum Gasteiger partial charge on any atom is 0.252 e. The molecule has 0 saturated carbocycles. The molecule has 2 aromatic rings. The van der Waals surface area contributed by atoms with E-state index in [9.17, 15) is 28.8 Å². The number of halogens is 3. The number of imide groups is 2. The largest absolute Gasteiger partial charge is 0.340 e. The van der Waals surface area contributed by atoms with Crippen LogP contribution in [0.25, 0.3) is 0 Å². The average Bonchev–Trinajstić information content (AvgIpc) is 2.85. The molecule has 0 aromatic heterocycles. The lowest BCUT2D eigenvalue weighted by Gasteiger charge is -2.21. The summed E-state index contributed by atoms with van der Waals surface area (Å²) in [5.74, 6) is -1.64. The van der Waals surface area contributed by atoms with E-state index in [4.69, 9.17) is 17.3 Å². The molecule has 2 aliphatic heterocycles. The third-order valence-electron chi connectivity index (χ3n) is 5.00. The first-order valence-corrected chi connectivity index (χ1v) is 12.9. The van der Waals surface area contributed by atoms with Crippen LogP contribution in [0.2, 0.25) is 0 Å². The first kappa shape index (κ1) is 33.1. The highest BCUT2D eigenvalue weighted by molar-refractivity contribution is 9.10. The molecule has 2 unspecified atom stereocenters. The van der Waals surface area contributed by atoms with Gasteiger partial charge in [-0.1, -0.05) is 39.3 Å². The second-order valence-corrected chi connectivity index (χ2v) is 10.00. The van der Waals surface area contributed by atoms with Crippen LogP contribution in [0.5, 0.6) is 0 Å². The van der Waals surface area contributed by atoms with Crippen molar-refractivity contribution in [3.63, 3.8) is 0 Å². The molecule has 38 heavy (non-hydrogen) atoms. The van der Waals surface area contributed by atoms with Gasteiger partial charge in [-0.05, 0) is 73.0 Å². The molecule has 5 N–H and O–H groups in total. The van der Waals surface area contributed by atoms with Crippen LogP contribution in [0.1, 0.15) is 53.8 Å². The van der Waals surface area contributed by atoms with Crippen molar-refractivity contribution >= 4 is 78.2 Å². The number of piperidine rings is 2. The predicted octanol–water partition coefficient (Wildman–Crippen LogP) is 3.20. The summed E-state index contributed by atoms with van der Waals surface area (Å²) in [7, 11) is 0. The molecule has 204 valence electrons. The lowest BCUT2D eigenvalue weighted by atomic mass is 10.1. The second-order valence-electron chi connectivity index (χ2n) is 7.82. The molecule has 10 nitrogen and oxygen atoms in total. The number of rotatable bonds is 3. The van der Waals surface area contributed by atoms with Crippen molar-refractivity contribution in [2.75, 3.05) is 0 Å². The minimum atomic E-state index is -0.640. The molecule has 2 aromatic carbocycles. The van der Waals surface area contributed by atoms with Gasteiger partial charge in [0.1, 0.15) is 6.04 Å². The zero-order valence-electron chi connectivity index (χ0n) is 19.3. The molecular weight excluding hydrogens is 648 g/mol. The van der Waals surface area contributed by atoms with Gasteiger partial charge in [0.25, 0.3) is 11.1 Å². The average molecular weight is 675 g/mol. The predicted molar refractivity (Wildman–Crippen MR) is 149 cm³/mol. The summed E-state index contributed by atoms with van der Waals surface area (Å²) in [5, 5.41) is 6.50. The molecule has 2 aliphatic rings. The molecule has 2 atom stereocenters. The summed E-state index contributed by atoms with van der Waals surface area (Å²) in [6.45, 7) is 0. The Bertz CT molecular complexity index is 1180. The number of amides is 5. The lowest BCUT2D eigenvalue weighted by Crippen LogP contribution is -2.52. The van der Waals surface area contributed by atoms with E-state index in [-0.39, 0.29) is 37.5 Å². The molecule has 5 amide bonds. The fourth-order valence-electron chi connectivity index (χ4n) is 2.97. The zero-order valence-corrected chi connectivity index (χ0v) is 23.2. The highest BCUT2D eigenvalue weighted by Crippen LogP contribution is 2.12. The summed E-state index contributed by atoms with van der Waals surface area (Å²) >= 11 is 11.7. The smallest absolute Gasteiger partial charge is 0.252 e. The number of carbonyl (C=O) groups excluding carboxylic acids is 6. The molecule has 2 heterocycles. The molecule has 0 radical (unpaired) electrons. The Morgan fingerprint density at radius 2 is 1.24 bits per heavy atom. The van der Waals surface area contributed by atoms with E-state index >= 15 is 0 Å². The van der Waals surface area contributed by atoms with Gasteiger partial charge in [0.2, 0.25) is 23.6 Å². The number of nitrogens with two attached hydrogens (primary N) is 1. The maximum absolute atomic E-state index is 11.9. The van der Waals surface area contributed by atoms with Crippen LogP contribution in [0, 0.1) is 0 Å². The third-order valence-corrected chi connectivity index (χ3v) is 6.28. The number of hydrogen-bond acceptors (Lipinski definition) is 7. The van der Waals surface area contributed by atoms with Gasteiger partial charge in [-0.25, -0.2) is 0 Å². The summed E-state index contributed by atoms with van der Waals surface area (Å²) in [6.07, 6.45) is 1.43. The van der Waals surface area contributed by atoms with Gasteiger partial charge in [-0.2, -0.15) is 0 Å². The minimum Gasteiger partial charge on any atom is -0.340 e. The fraction of sp³-hybridized carbons (Fsp3) is 0.280. The molecule has 0 bridgehead atoms. The summed E-state index contributed by atoms with van der Waals surface area (Å²) < 4.78 is 1.81. The molecule has 0 spiro atoms. The Hall–Kier alpha value is -2.93. The SMILES string of the molecule is C.NC1CCC(=O)NC1=O.O=C(Cl)c1ccc(Br)cc1.O=C1CCC(NC(=O)c2ccc(Br)cc2)C(=O)N1. The Kier molecular flexibility index (Phi) is 14.0. The van der Waals surface area contributed by atoms with Gasteiger partial charge in [-0.15, -0.1) is 0 Å². The Labute approximate surface area is 241 Å². The van der Waals surface area contributed by atoms with Crippen molar-refractivity contribution in [2.24, 2.45) is 5.73 Å². The number of benzene rings is 2. The maximum atomic E-state index is 11.9.